The maximum absolute atomic E-state index is 13.7. The van der Waals surface area contributed by atoms with E-state index in [1.165, 1.54) is 6.07 Å². The fourth-order valence-corrected chi connectivity index (χ4v) is 5.05. The molecule has 1 aromatic heterocycles. The summed E-state index contributed by atoms with van der Waals surface area (Å²) in [6.07, 6.45) is 5.31. The number of hydrogen-bond acceptors (Lipinski definition) is 3. The van der Waals surface area contributed by atoms with Crippen molar-refractivity contribution in [3.05, 3.63) is 41.8 Å². The van der Waals surface area contributed by atoms with Gasteiger partial charge in [0.1, 0.15) is 5.82 Å². The molecular formula is C20H23FN2O2. The van der Waals surface area contributed by atoms with Crippen LogP contribution in [0.5, 0.6) is 0 Å². The second-order valence-electron chi connectivity index (χ2n) is 7.73. The molecule has 2 aliphatic rings. The number of aromatic nitrogens is 1. The van der Waals surface area contributed by atoms with Crippen LogP contribution in [-0.4, -0.2) is 28.6 Å². The van der Waals surface area contributed by atoms with Crippen molar-refractivity contribution in [1.29, 1.82) is 0 Å². The summed E-state index contributed by atoms with van der Waals surface area (Å²) in [5.41, 5.74) is 1.12. The number of nitrogens with one attached hydrogen (secondary N) is 1. The molecule has 2 fully saturated rings. The number of carbonyl (C=O) groups excluding carboxylic acids is 1. The summed E-state index contributed by atoms with van der Waals surface area (Å²) in [6, 6.07) is 6.76. The lowest BCUT2D eigenvalue weighted by Crippen LogP contribution is -2.34. The molecule has 1 heterocycles. The quantitative estimate of drug-likeness (QED) is 0.901. The van der Waals surface area contributed by atoms with Gasteiger partial charge in [0, 0.05) is 18.6 Å². The molecule has 132 valence electrons. The van der Waals surface area contributed by atoms with Crippen molar-refractivity contribution in [3.63, 3.8) is 0 Å². The Bertz CT molecular complexity index is 808. The van der Waals surface area contributed by atoms with E-state index in [4.69, 9.17) is 0 Å². The number of hydrogen-bond donors (Lipinski definition) is 2. The molecule has 2 unspecified atom stereocenters. The van der Waals surface area contributed by atoms with Crippen LogP contribution in [0.4, 0.5) is 4.39 Å². The van der Waals surface area contributed by atoms with Crippen LogP contribution in [-0.2, 0) is 4.79 Å². The van der Waals surface area contributed by atoms with Gasteiger partial charge in [-0.3, -0.25) is 9.78 Å². The van der Waals surface area contributed by atoms with E-state index >= 15 is 0 Å². The number of amides is 1. The second kappa shape index (κ2) is 6.06. The molecule has 4 rings (SSSR count). The molecule has 2 atom stereocenters. The lowest BCUT2D eigenvalue weighted by molar-refractivity contribution is -0.125. The van der Waals surface area contributed by atoms with Crippen molar-refractivity contribution in [2.24, 2.45) is 11.8 Å². The highest BCUT2D eigenvalue weighted by atomic mass is 19.1. The molecule has 4 nitrogen and oxygen atoms in total. The van der Waals surface area contributed by atoms with Gasteiger partial charge in [-0.05, 0) is 73.3 Å². The molecule has 0 radical (unpaired) electrons. The first kappa shape index (κ1) is 16.5. The molecule has 1 aromatic carbocycles. The number of pyridine rings is 1. The average molecular weight is 342 g/mol. The Labute approximate surface area is 146 Å². The number of aliphatic hydroxyl groups is 1. The first-order chi connectivity index (χ1) is 12.0. The van der Waals surface area contributed by atoms with Gasteiger partial charge in [0.05, 0.1) is 17.5 Å². The largest absolute Gasteiger partial charge is 0.389 e. The maximum atomic E-state index is 13.7. The van der Waals surface area contributed by atoms with Crippen molar-refractivity contribution >= 4 is 16.8 Å². The lowest BCUT2D eigenvalue weighted by atomic mass is 9.87. The minimum absolute atomic E-state index is 0.102. The standard InChI is InChI=1S/C20H23FN2O2/c1-22-19(24)11-20(25)9-13-6-12(7-14(13)10-20)16-4-5-23-18-3-2-15(21)8-17(16)18/h2-5,8,12-14,25H,6-7,9-11H2,1H3,(H,22,24). The summed E-state index contributed by atoms with van der Waals surface area (Å²) in [5, 5.41) is 14.2. The van der Waals surface area contributed by atoms with E-state index in [-0.39, 0.29) is 18.1 Å². The Balaban J connectivity index is 1.54. The molecule has 5 heteroatoms. The molecule has 2 aliphatic carbocycles. The first-order valence-corrected chi connectivity index (χ1v) is 8.94. The number of rotatable bonds is 3. The monoisotopic (exact) mass is 342 g/mol. The number of benzene rings is 1. The summed E-state index contributed by atoms with van der Waals surface area (Å²) in [6.45, 7) is 0. The van der Waals surface area contributed by atoms with Gasteiger partial charge in [0.2, 0.25) is 5.91 Å². The van der Waals surface area contributed by atoms with Crippen molar-refractivity contribution in [3.8, 4) is 0 Å². The van der Waals surface area contributed by atoms with Crippen molar-refractivity contribution < 1.29 is 14.3 Å². The molecular weight excluding hydrogens is 319 g/mol. The third-order valence-corrected chi connectivity index (χ3v) is 6.07. The van der Waals surface area contributed by atoms with Crippen LogP contribution in [0.2, 0.25) is 0 Å². The molecule has 0 spiro atoms. The Morgan fingerprint density at radius 3 is 2.72 bits per heavy atom. The summed E-state index contributed by atoms with van der Waals surface area (Å²) >= 11 is 0. The molecule has 2 aromatic rings. The van der Waals surface area contributed by atoms with E-state index in [9.17, 15) is 14.3 Å². The zero-order valence-corrected chi connectivity index (χ0v) is 14.3. The van der Waals surface area contributed by atoms with Crippen molar-refractivity contribution in [2.75, 3.05) is 7.05 Å². The van der Waals surface area contributed by atoms with E-state index in [2.05, 4.69) is 10.3 Å². The molecule has 1 amide bonds. The summed E-state index contributed by atoms with van der Waals surface area (Å²) < 4.78 is 13.7. The fourth-order valence-electron chi connectivity index (χ4n) is 5.05. The Morgan fingerprint density at radius 2 is 2.04 bits per heavy atom. The van der Waals surface area contributed by atoms with Gasteiger partial charge >= 0.3 is 0 Å². The zero-order valence-electron chi connectivity index (χ0n) is 14.3. The minimum atomic E-state index is -0.868. The topological polar surface area (TPSA) is 62.2 Å². The van der Waals surface area contributed by atoms with E-state index in [1.54, 1.807) is 25.4 Å². The van der Waals surface area contributed by atoms with Gasteiger partial charge in [0.25, 0.3) is 0 Å². The van der Waals surface area contributed by atoms with Crippen LogP contribution in [0, 0.1) is 17.7 Å². The number of halogens is 1. The van der Waals surface area contributed by atoms with E-state index in [0.717, 1.165) is 29.3 Å². The smallest absolute Gasteiger partial charge is 0.222 e. The third kappa shape index (κ3) is 3.01. The molecule has 0 aliphatic heterocycles. The first-order valence-electron chi connectivity index (χ1n) is 8.94. The summed E-state index contributed by atoms with van der Waals surface area (Å²) in [4.78, 5) is 16.0. The predicted octanol–water partition coefficient (Wildman–Crippen LogP) is 3.14. The number of carbonyl (C=O) groups is 1. The van der Waals surface area contributed by atoms with Gasteiger partial charge in [0.15, 0.2) is 0 Å². The Kier molecular flexibility index (Phi) is 3.99. The van der Waals surface area contributed by atoms with Gasteiger partial charge in [-0.15, -0.1) is 0 Å². The van der Waals surface area contributed by atoms with Crippen LogP contribution >= 0.6 is 0 Å². The SMILES string of the molecule is CNC(=O)CC1(O)CC2CC(c3ccnc4ccc(F)cc34)CC2C1. The average Bonchev–Trinajstić information content (AvgIpc) is 3.08. The lowest BCUT2D eigenvalue weighted by Gasteiger charge is -2.24. The highest BCUT2D eigenvalue weighted by Gasteiger charge is 2.49. The van der Waals surface area contributed by atoms with E-state index in [1.807, 2.05) is 6.07 Å². The van der Waals surface area contributed by atoms with Crippen LogP contribution in [0.3, 0.4) is 0 Å². The normalized spacial score (nSPS) is 31.2. The van der Waals surface area contributed by atoms with Gasteiger partial charge in [-0.2, -0.15) is 0 Å². The Morgan fingerprint density at radius 1 is 1.32 bits per heavy atom. The minimum Gasteiger partial charge on any atom is -0.389 e. The van der Waals surface area contributed by atoms with Crippen molar-refractivity contribution in [1.82, 2.24) is 10.3 Å². The maximum Gasteiger partial charge on any atom is 0.222 e. The van der Waals surface area contributed by atoms with Crippen LogP contribution in [0.15, 0.2) is 30.5 Å². The summed E-state index contributed by atoms with van der Waals surface area (Å²) in [7, 11) is 1.60. The predicted molar refractivity (Wildman–Crippen MR) is 93.5 cm³/mol. The van der Waals surface area contributed by atoms with Gasteiger partial charge in [-0.25, -0.2) is 4.39 Å². The number of fused-ring (bicyclic) bond motifs is 2. The highest BCUT2D eigenvalue weighted by molar-refractivity contribution is 5.82. The van der Waals surface area contributed by atoms with Crippen molar-refractivity contribution in [2.45, 2.75) is 43.6 Å². The zero-order chi connectivity index (χ0) is 17.6. The third-order valence-electron chi connectivity index (χ3n) is 6.07. The highest BCUT2D eigenvalue weighted by Crippen LogP contribution is 2.55. The summed E-state index contributed by atoms with van der Waals surface area (Å²) in [5.74, 6) is 0.884. The Hall–Kier alpha value is -2.01. The van der Waals surface area contributed by atoms with E-state index in [0.29, 0.717) is 30.6 Å². The fraction of sp³-hybridized carbons (Fsp3) is 0.500. The second-order valence-corrected chi connectivity index (χ2v) is 7.73. The van der Waals surface area contributed by atoms with Gasteiger partial charge in [-0.1, -0.05) is 0 Å². The molecule has 25 heavy (non-hydrogen) atoms. The van der Waals surface area contributed by atoms with Crippen LogP contribution in [0.1, 0.15) is 43.6 Å². The van der Waals surface area contributed by atoms with E-state index < -0.39 is 5.60 Å². The van der Waals surface area contributed by atoms with Crippen LogP contribution < -0.4 is 5.32 Å². The molecule has 0 saturated heterocycles. The number of nitrogens with zero attached hydrogens (tertiary/aromatic N) is 1. The van der Waals surface area contributed by atoms with Gasteiger partial charge < -0.3 is 10.4 Å². The van der Waals surface area contributed by atoms with Crippen LogP contribution in [0.25, 0.3) is 10.9 Å². The molecule has 2 N–H and O–H groups in total. The molecule has 2 saturated carbocycles. The molecule has 0 bridgehead atoms.